The van der Waals surface area contributed by atoms with Crippen molar-refractivity contribution < 1.29 is 14.0 Å². The maximum Gasteiger partial charge on any atom is 0.298 e. The van der Waals surface area contributed by atoms with Crippen LogP contribution >= 0.6 is 23.4 Å². The average molecular weight is 427 g/mol. The summed E-state index contributed by atoms with van der Waals surface area (Å²) in [7, 11) is 0. The molecule has 0 bridgehead atoms. The zero-order valence-corrected chi connectivity index (χ0v) is 17.2. The highest BCUT2D eigenvalue weighted by Crippen LogP contribution is 2.37. The first kappa shape index (κ1) is 19.5. The second-order valence-electron chi connectivity index (χ2n) is 6.63. The minimum Gasteiger partial charge on any atom is -0.318 e. The molecular weight excluding hydrogens is 411 g/mol. The number of thioether (sulfide) groups is 1. The Hall–Kier alpha value is -2.83. The number of benzene rings is 2. The zero-order valence-electron chi connectivity index (χ0n) is 15.6. The predicted octanol–water partition coefficient (Wildman–Crippen LogP) is 6.13. The molecule has 0 N–H and O–H groups in total. The number of anilines is 1. The fraction of sp³-hybridized carbons (Fsp3) is 0.0909. The van der Waals surface area contributed by atoms with Gasteiger partial charge in [0.1, 0.15) is 5.82 Å². The molecule has 0 spiro atoms. The van der Waals surface area contributed by atoms with Gasteiger partial charge in [-0.15, -0.1) is 0 Å². The number of aryl methyl sites for hydroxylation is 1. The number of carbonyl (C=O) groups is 2. The quantitative estimate of drug-likeness (QED) is 0.473. The Balaban J connectivity index is 1.69. The first-order valence-corrected chi connectivity index (χ1v) is 10.0. The Morgan fingerprint density at radius 3 is 2.24 bits per heavy atom. The van der Waals surface area contributed by atoms with Crippen LogP contribution in [0.4, 0.5) is 14.9 Å². The molecule has 4 rings (SSSR count). The molecule has 29 heavy (non-hydrogen) atoms. The molecule has 3 aromatic rings. The van der Waals surface area contributed by atoms with E-state index < -0.39 is 0 Å². The van der Waals surface area contributed by atoms with E-state index in [9.17, 15) is 14.0 Å². The number of hydrogen-bond acceptors (Lipinski definition) is 3. The van der Waals surface area contributed by atoms with Crippen LogP contribution in [0.15, 0.2) is 59.5 Å². The van der Waals surface area contributed by atoms with Gasteiger partial charge >= 0.3 is 0 Å². The Kier molecular flexibility index (Phi) is 5.06. The average Bonchev–Trinajstić information content (AvgIpc) is 3.12. The van der Waals surface area contributed by atoms with Crippen molar-refractivity contribution in [3.63, 3.8) is 0 Å². The molecule has 1 aromatic heterocycles. The Labute approximate surface area is 176 Å². The summed E-state index contributed by atoms with van der Waals surface area (Å²) >= 11 is 6.80. The number of nitrogens with zero attached hydrogens (tertiary/aromatic N) is 2. The lowest BCUT2D eigenvalue weighted by molar-refractivity contribution is -0.113. The van der Waals surface area contributed by atoms with Crippen LogP contribution in [0.3, 0.4) is 0 Å². The highest BCUT2D eigenvalue weighted by atomic mass is 35.5. The van der Waals surface area contributed by atoms with E-state index in [0.29, 0.717) is 15.6 Å². The molecule has 0 aliphatic carbocycles. The molecule has 146 valence electrons. The largest absolute Gasteiger partial charge is 0.318 e. The first-order chi connectivity index (χ1) is 13.8. The van der Waals surface area contributed by atoms with E-state index in [1.807, 2.05) is 24.5 Å². The van der Waals surface area contributed by atoms with Gasteiger partial charge in [-0.2, -0.15) is 0 Å². The van der Waals surface area contributed by atoms with E-state index >= 15 is 0 Å². The number of rotatable bonds is 3. The van der Waals surface area contributed by atoms with Gasteiger partial charge in [-0.1, -0.05) is 11.6 Å². The van der Waals surface area contributed by atoms with E-state index in [2.05, 4.69) is 0 Å². The van der Waals surface area contributed by atoms with E-state index in [1.165, 1.54) is 12.1 Å². The number of aromatic nitrogens is 1. The van der Waals surface area contributed by atoms with Gasteiger partial charge in [0, 0.05) is 22.1 Å². The van der Waals surface area contributed by atoms with Gasteiger partial charge in [0.2, 0.25) is 0 Å². The number of halogens is 2. The van der Waals surface area contributed by atoms with Gasteiger partial charge in [0.15, 0.2) is 0 Å². The van der Waals surface area contributed by atoms with Crippen molar-refractivity contribution in [1.82, 2.24) is 4.57 Å². The van der Waals surface area contributed by atoms with Crippen molar-refractivity contribution in [3.05, 3.63) is 87.3 Å². The normalized spacial score (nSPS) is 15.6. The van der Waals surface area contributed by atoms with Gasteiger partial charge < -0.3 is 4.57 Å². The first-order valence-electron chi connectivity index (χ1n) is 8.83. The molecule has 0 unspecified atom stereocenters. The lowest BCUT2D eigenvalue weighted by Gasteiger charge is -2.12. The molecule has 0 saturated carbocycles. The number of amides is 2. The summed E-state index contributed by atoms with van der Waals surface area (Å²) in [5.74, 6) is -0.666. The molecule has 1 fully saturated rings. The van der Waals surface area contributed by atoms with Crippen LogP contribution in [0.5, 0.6) is 0 Å². The fourth-order valence-electron chi connectivity index (χ4n) is 3.34. The summed E-state index contributed by atoms with van der Waals surface area (Å²) in [6.45, 7) is 3.86. The lowest BCUT2D eigenvalue weighted by Crippen LogP contribution is -2.27. The van der Waals surface area contributed by atoms with Crippen molar-refractivity contribution >= 4 is 46.3 Å². The molecule has 2 aromatic carbocycles. The molecule has 1 aliphatic heterocycles. The fourth-order valence-corrected chi connectivity index (χ4v) is 4.30. The molecule has 7 heteroatoms. The van der Waals surface area contributed by atoms with Gasteiger partial charge in [-0.05, 0) is 91.8 Å². The Morgan fingerprint density at radius 2 is 1.59 bits per heavy atom. The van der Waals surface area contributed by atoms with E-state index in [4.69, 9.17) is 11.6 Å². The summed E-state index contributed by atoms with van der Waals surface area (Å²) in [6, 6.07) is 14.7. The van der Waals surface area contributed by atoms with Crippen LogP contribution in [0.25, 0.3) is 11.8 Å². The third kappa shape index (κ3) is 3.61. The Bertz CT molecular complexity index is 1150. The second-order valence-corrected chi connectivity index (χ2v) is 8.06. The van der Waals surface area contributed by atoms with Crippen LogP contribution < -0.4 is 4.90 Å². The lowest BCUT2D eigenvalue weighted by atomic mass is 10.2. The third-order valence-electron chi connectivity index (χ3n) is 4.72. The second kappa shape index (κ2) is 7.54. The third-order valence-corrected chi connectivity index (χ3v) is 5.84. The topological polar surface area (TPSA) is 42.3 Å². The highest BCUT2D eigenvalue weighted by Gasteiger charge is 2.36. The van der Waals surface area contributed by atoms with Crippen molar-refractivity contribution in [2.45, 2.75) is 13.8 Å². The SMILES string of the molecule is Cc1cc(/C=C2/SC(=O)N(c3ccc(Cl)cc3)C2=O)c(C)n1-c1ccc(F)cc1. The monoisotopic (exact) mass is 426 g/mol. The maximum absolute atomic E-state index is 13.3. The molecule has 1 saturated heterocycles. The summed E-state index contributed by atoms with van der Waals surface area (Å²) in [6.07, 6.45) is 1.73. The van der Waals surface area contributed by atoms with E-state index in [-0.39, 0.29) is 17.0 Å². The summed E-state index contributed by atoms with van der Waals surface area (Å²) < 4.78 is 15.2. The molecule has 1 aliphatic rings. The van der Waals surface area contributed by atoms with Gasteiger partial charge in [0.05, 0.1) is 10.6 Å². The minimum absolute atomic E-state index is 0.299. The van der Waals surface area contributed by atoms with Crippen LogP contribution in [0.2, 0.25) is 5.02 Å². The van der Waals surface area contributed by atoms with Crippen LogP contribution in [0.1, 0.15) is 17.0 Å². The van der Waals surface area contributed by atoms with E-state index in [0.717, 1.165) is 39.3 Å². The molecule has 0 atom stereocenters. The minimum atomic E-state index is -0.367. The van der Waals surface area contributed by atoms with Crippen LogP contribution in [0, 0.1) is 19.7 Å². The van der Waals surface area contributed by atoms with Crippen LogP contribution in [-0.2, 0) is 4.79 Å². The van der Waals surface area contributed by atoms with Crippen molar-refractivity contribution in [1.29, 1.82) is 0 Å². The molecule has 2 heterocycles. The van der Waals surface area contributed by atoms with E-state index in [1.54, 1.807) is 42.5 Å². The highest BCUT2D eigenvalue weighted by molar-refractivity contribution is 8.19. The summed E-state index contributed by atoms with van der Waals surface area (Å²) in [5.41, 5.74) is 3.98. The Morgan fingerprint density at radius 1 is 0.966 bits per heavy atom. The molecule has 0 radical (unpaired) electrons. The maximum atomic E-state index is 13.3. The number of imide groups is 1. The van der Waals surface area contributed by atoms with Crippen molar-refractivity contribution in [2.24, 2.45) is 0 Å². The van der Waals surface area contributed by atoms with Crippen LogP contribution in [-0.4, -0.2) is 15.7 Å². The number of hydrogen-bond donors (Lipinski definition) is 0. The summed E-state index contributed by atoms with van der Waals surface area (Å²) in [5, 5.41) is 0.181. The smallest absolute Gasteiger partial charge is 0.298 e. The van der Waals surface area contributed by atoms with Crippen molar-refractivity contribution in [2.75, 3.05) is 4.90 Å². The van der Waals surface area contributed by atoms with Gasteiger partial charge in [-0.25, -0.2) is 9.29 Å². The molecular formula is C22H16ClFN2O2S. The van der Waals surface area contributed by atoms with Gasteiger partial charge in [0.25, 0.3) is 11.1 Å². The molecule has 2 amide bonds. The summed E-state index contributed by atoms with van der Waals surface area (Å²) in [4.78, 5) is 26.8. The number of carbonyl (C=O) groups excluding carboxylic acids is 2. The standard InChI is InChI=1S/C22H16ClFN2O2S/c1-13-11-15(14(2)25(13)18-9-5-17(24)6-10-18)12-20-21(27)26(22(28)29-20)19-7-3-16(23)4-8-19/h3-12H,1-2H3/b20-12+. The zero-order chi connectivity index (χ0) is 20.7. The van der Waals surface area contributed by atoms with Gasteiger partial charge in [-0.3, -0.25) is 9.59 Å². The molecule has 4 nitrogen and oxygen atoms in total. The predicted molar refractivity (Wildman–Crippen MR) is 115 cm³/mol. The van der Waals surface area contributed by atoms with Crippen molar-refractivity contribution in [3.8, 4) is 5.69 Å².